The zero-order chi connectivity index (χ0) is 19.8. The third-order valence-electron chi connectivity index (χ3n) is 2.98. The van der Waals surface area contributed by atoms with E-state index in [-0.39, 0.29) is 0 Å². The van der Waals surface area contributed by atoms with Crippen LogP contribution in [0.3, 0.4) is 0 Å². The highest BCUT2D eigenvalue weighted by Gasteiger charge is 2.02. The molecule has 0 rings (SSSR count). The molecule has 0 saturated carbocycles. The standard InChI is InChI=1S/C17H30.C3H8.2C2H6/c1-6-7-8-9-12-16(4)14-17(5)13-10-11-15(2)3;1-3-2;2*1-2/h10-11,13,16H,2,6-9,12,14H2,1,3-5H3;3H2,1-2H3;2*1-2H3/b11-10-,17-13+;;;. The second-order valence-corrected chi connectivity index (χ2v) is 6.08. The minimum atomic E-state index is 0.821. The fourth-order valence-corrected chi connectivity index (χ4v) is 2.02. The van der Waals surface area contributed by atoms with Crippen molar-refractivity contribution in [2.45, 2.75) is 114 Å². The lowest BCUT2D eigenvalue weighted by molar-refractivity contribution is 0.486. The van der Waals surface area contributed by atoms with Crippen molar-refractivity contribution in [1.29, 1.82) is 0 Å². The number of unbranched alkanes of at least 4 members (excludes halogenated alkanes) is 3. The van der Waals surface area contributed by atoms with Crippen molar-refractivity contribution in [3.8, 4) is 0 Å². The SMILES string of the molecule is C=C(C)/C=C\C=C(/C)CC(C)CCCCCC.CC.CC.CCC. The summed E-state index contributed by atoms with van der Waals surface area (Å²) < 4.78 is 0. The van der Waals surface area contributed by atoms with E-state index >= 15 is 0 Å². The maximum Gasteiger partial charge on any atom is -0.0294 e. The van der Waals surface area contributed by atoms with Crippen LogP contribution in [0.15, 0.2) is 36.0 Å². The lowest BCUT2D eigenvalue weighted by Crippen LogP contribution is -1.95. The van der Waals surface area contributed by atoms with Gasteiger partial charge in [-0.2, -0.15) is 0 Å². The molecule has 0 radical (unpaired) electrons. The maximum atomic E-state index is 3.85. The first kappa shape index (κ1) is 31.0. The molecule has 0 heteroatoms. The number of allylic oxidation sites excluding steroid dienone is 5. The lowest BCUT2D eigenvalue weighted by Gasteiger charge is -2.11. The third-order valence-corrected chi connectivity index (χ3v) is 2.98. The van der Waals surface area contributed by atoms with Crippen molar-refractivity contribution in [3.05, 3.63) is 36.0 Å². The van der Waals surface area contributed by atoms with Crippen LogP contribution in [0, 0.1) is 5.92 Å². The van der Waals surface area contributed by atoms with Crippen molar-refractivity contribution in [2.24, 2.45) is 5.92 Å². The van der Waals surface area contributed by atoms with Gasteiger partial charge in [0.25, 0.3) is 0 Å². The molecular weight excluding hydrogens is 288 g/mol. The Morgan fingerprint density at radius 1 is 0.917 bits per heavy atom. The van der Waals surface area contributed by atoms with Gasteiger partial charge >= 0.3 is 0 Å². The topological polar surface area (TPSA) is 0 Å². The van der Waals surface area contributed by atoms with E-state index in [2.05, 4.69) is 59.4 Å². The van der Waals surface area contributed by atoms with Crippen LogP contribution in [-0.2, 0) is 0 Å². The Balaban J connectivity index is -0.000000247. The predicted molar refractivity (Wildman–Crippen MR) is 119 cm³/mol. The first-order valence-corrected chi connectivity index (χ1v) is 10.5. The van der Waals surface area contributed by atoms with E-state index < -0.39 is 0 Å². The van der Waals surface area contributed by atoms with Crippen molar-refractivity contribution in [2.75, 3.05) is 0 Å². The van der Waals surface area contributed by atoms with E-state index in [9.17, 15) is 0 Å². The van der Waals surface area contributed by atoms with Gasteiger partial charge in [-0.25, -0.2) is 0 Å². The molecule has 0 heterocycles. The van der Waals surface area contributed by atoms with Crippen LogP contribution < -0.4 is 0 Å². The monoisotopic (exact) mass is 338 g/mol. The molecule has 0 aliphatic heterocycles. The fourth-order valence-electron chi connectivity index (χ4n) is 2.02. The van der Waals surface area contributed by atoms with Crippen LogP contribution in [0.1, 0.15) is 114 Å². The molecule has 0 fully saturated rings. The Bertz CT molecular complexity index is 268. The quantitative estimate of drug-likeness (QED) is 0.290. The summed E-state index contributed by atoms with van der Waals surface area (Å²) in [6.45, 7) is 25.0. The Morgan fingerprint density at radius 3 is 1.83 bits per heavy atom. The van der Waals surface area contributed by atoms with Gasteiger partial charge in [0.1, 0.15) is 0 Å². The van der Waals surface area contributed by atoms with Gasteiger partial charge < -0.3 is 0 Å². The molecule has 146 valence electrons. The highest BCUT2D eigenvalue weighted by molar-refractivity contribution is 5.19. The van der Waals surface area contributed by atoms with Gasteiger partial charge in [-0.3, -0.25) is 0 Å². The number of hydrogen-bond acceptors (Lipinski definition) is 0. The van der Waals surface area contributed by atoms with Crippen LogP contribution in [0.4, 0.5) is 0 Å². The van der Waals surface area contributed by atoms with Crippen LogP contribution >= 0.6 is 0 Å². The van der Waals surface area contributed by atoms with Gasteiger partial charge in [0, 0.05) is 0 Å². The molecule has 0 bridgehead atoms. The number of rotatable bonds is 9. The molecular formula is C24H50. The van der Waals surface area contributed by atoms with E-state index in [0.29, 0.717) is 0 Å². The molecule has 0 saturated heterocycles. The molecule has 0 nitrogen and oxygen atoms in total. The van der Waals surface area contributed by atoms with Gasteiger partial charge in [-0.15, -0.1) is 0 Å². The molecule has 1 unspecified atom stereocenters. The minimum absolute atomic E-state index is 0.821. The summed E-state index contributed by atoms with van der Waals surface area (Å²) in [7, 11) is 0. The summed E-state index contributed by atoms with van der Waals surface area (Å²) >= 11 is 0. The van der Waals surface area contributed by atoms with Gasteiger partial charge in [-0.05, 0) is 26.2 Å². The Morgan fingerprint density at radius 2 is 1.42 bits per heavy atom. The zero-order valence-electron chi connectivity index (χ0n) is 19.0. The zero-order valence-corrected chi connectivity index (χ0v) is 19.0. The van der Waals surface area contributed by atoms with E-state index in [1.54, 1.807) is 0 Å². The normalized spacial score (nSPS) is 11.3. The molecule has 0 N–H and O–H groups in total. The van der Waals surface area contributed by atoms with Gasteiger partial charge in [0.05, 0.1) is 0 Å². The predicted octanol–water partition coefficient (Wildman–Crippen LogP) is 9.53. The average molecular weight is 339 g/mol. The van der Waals surface area contributed by atoms with Crippen LogP contribution in [0.2, 0.25) is 0 Å². The highest BCUT2D eigenvalue weighted by atomic mass is 14.1. The van der Waals surface area contributed by atoms with Crippen molar-refractivity contribution in [1.82, 2.24) is 0 Å². The summed E-state index contributed by atoms with van der Waals surface area (Å²) in [5, 5.41) is 0. The summed E-state index contributed by atoms with van der Waals surface area (Å²) in [5.41, 5.74) is 2.59. The van der Waals surface area contributed by atoms with Crippen LogP contribution in [-0.4, -0.2) is 0 Å². The summed E-state index contributed by atoms with van der Waals surface area (Å²) in [4.78, 5) is 0. The molecule has 0 aromatic heterocycles. The molecule has 0 aromatic rings. The van der Waals surface area contributed by atoms with Gasteiger partial charge in [-0.1, -0.05) is 130 Å². The van der Waals surface area contributed by atoms with Crippen LogP contribution in [0.25, 0.3) is 0 Å². The smallest absolute Gasteiger partial charge is 0.0294 e. The average Bonchev–Trinajstić information content (AvgIpc) is 2.56. The molecule has 0 aliphatic rings. The Hall–Kier alpha value is -0.780. The summed E-state index contributed by atoms with van der Waals surface area (Å²) in [6.07, 6.45) is 15.8. The Kier molecular flexibility index (Phi) is 39.0. The first-order valence-electron chi connectivity index (χ1n) is 10.5. The second kappa shape index (κ2) is 30.1. The maximum absolute atomic E-state index is 3.85. The molecule has 0 amide bonds. The fraction of sp³-hybridized carbons (Fsp3) is 0.750. The van der Waals surface area contributed by atoms with Crippen LogP contribution in [0.5, 0.6) is 0 Å². The lowest BCUT2D eigenvalue weighted by atomic mass is 9.95. The van der Waals surface area contributed by atoms with E-state index in [1.807, 2.05) is 34.6 Å². The van der Waals surface area contributed by atoms with Gasteiger partial charge in [0.15, 0.2) is 0 Å². The summed E-state index contributed by atoms with van der Waals surface area (Å²) in [6, 6.07) is 0. The Labute approximate surface area is 156 Å². The molecule has 0 spiro atoms. The molecule has 0 aromatic carbocycles. The van der Waals surface area contributed by atoms with Gasteiger partial charge in [0.2, 0.25) is 0 Å². The highest BCUT2D eigenvalue weighted by Crippen LogP contribution is 2.18. The van der Waals surface area contributed by atoms with E-state index in [1.165, 1.54) is 50.5 Å². The molecule has 1 atom stereocenters. The molecule has 0 aliphatic carbocycles. The van der Waals surface area contributed by atoms with E-state index in [4.69, 9.17) is 0 Å². The van der Waals surface area contributed by atoms with Crippen molar-refractivity contribution < 1.29 is 0 Å². The number of hydrogen-bond donors (Lipinski definition) is 0. The van der Waals surface area contributed by atoms with Crippen molar-refractivity contribution >= 4 is 0 Å². The largest absolute Gasteiger partial charge is 0.0961 e. The summed E-state index contributed by atoms with van der Waals surface area (Å²) in [5.74, 6) is 0.821. The van der Waals surface area contributed by atoms with Crippen molar-refractivity contribution in [3.63, 3.8) is 0 Å². The van der Waals surface area contributed by atoms with E-state index in [0.717, 1.165) is 11.5 Å². The first-order chi connectivity index (χ1) is 11.5. The second-order valence-electron chi connectivity index (χ2n) is 6.08. The third kappa shape index (κ3) is 37.5. The molecule has 24 heavy (non-hydrogen) atoms. The minimum Gasteiger partial charge on any atom is -0.0961 e.